The highest BCUT2D eigenvalue weighted by molar-refractivity contribution is 5.21. The van der Waals surface area contributed by atoms with Crippen molar-refractivity contribution in [2.45, 2.75) is 19.5 Å². The standard InChI is InChI=1S/C10H16N2O2/c1-8-2-3-11-4-9(8)5-12-10(6-13)7-14/h2-4,10,12-14H,5-7H2,1H3. The molecule has 1 rings (SSSR count). The van der Waals surface area contributed by atoms with Gasteiger partial charge in [0.2, 0.25) is 0 Å². The summed E-state index contributed by atoms with van der Waals surface area (Å²) >= 11 is 0. The summed E-state index contributed by atoms with van der Waals surface area (Å²) in [5.41, 5.74) is 2.24. The predicted molar refractivity (Wildman–Crippen MR) is 53.8 cm³/mol. The van der Waals surface area contributed by atoms with Gasteiger partial charge in [-0.15, -0.1) is 0 Å². The van der Waals surface area contributed by atoms with Crippen LogP contribution in [0.2, 0.25) is 0 Å². The van der Waals surface area contributed by atoms with Crippen molar-refractivity contribution in [3.63, 3.8) is 0 Å². The Kier molecular flexibility index (Phi) is 4.52. The molecule has 0 fully saturated rings. The van der Waals surface area contributed by atoms with E-state index >= 15 is 0 Å². The molecule has 4 nitrogen and oxygen atoms in total. The molecule has 1 heterocycles. The molecular weight excluding hydrogens is 180 g/mol. The molecule has 1 aromatic heterocycles. The fourth-order valence-electron chi connectivity index (χ4n) is 1.12. The number of aliphatic hydroxyl groups is 2. The molecule has 3 N–H and O–H groups in total. The number of hydrogen-bond acceptors (Lipinski definition) is 4. The van der Waals surface area contributed by atoms with Crippen LogP contribution in [0.4, 0.5) is 0 Å². The van der Waals surface area contributed by atoms with Crippen LogP contribution in [0.15, 0.2) is 18.5 Å². The Hall–Kier alpha value is -0.970. The van der Waals surface area contributed by atoms with E-state index < -0.39 is 0 Å². The van der Waals surface area contributed by atoms with Gasteiger partial charge in [0.05, 0.1) is 19.3 Å². The lowest BCUT2D eigenvalue weighted by atomic mass is 10.1. The Morgan fingerprint density at radius 1 is 1.43 bits per heavy atom. The Labute approximate surface area is 83.6 Å². The van der Waals surface area contributed by atoms with Gasteiger partial charge in [-0.2, -0.15) is 0 Å². The number of aliphatic hydroxyl groups excluding tert-OH is 2. The Bertz CT molecular complexity index is 275. The van der Waals surface area contributed by atoms with Gasteiger partial charge in [0, 0.05) is 18.9 Å². The molecule has 4 heteroatoms. The van der Waals surface area contributed by atoms with Gasteiger partial charge in [0.15, 0.2) is 0 Å². The number of aryl methyl sites for hydroxylation is 1. The van der Waals surface area contributed by atoms with Crippen LogP contribution in [0.3, 0.4) is 0 Å². The van der Waals surface area contributed by atoms with Gasteiger partial charge in [-0.25, -0.2) is 0 Å². The summed E-state index contributed by atoms with van der Waals surface area (Å²) in [5.74, 6) is 0. The van der Waals surface area contributed by atoms with Crippen molar-refractivity contribution in [3.05, 3.63) is 29.6 Å². The maximum absolute atomic E-state index is 8.84. The van der Waals surface area contributed by atoms with Crippen LogP contribution in [0.1, 0.15) is 11.1 Å². The minimum Gasteiger partial charge on any atom is -0.395 e. The summed E-state index contributed by atoms with van der Waals surface area (Å²) < 4.78 is 0. The molecule has 0 aliphatic heterocycles. The first-order valence-corrected chi connectivity index (χ1v) is 4.62. The summed E-state index contributed by atoms with van der Waals surface area (Å²) in [4.78, 5) is 4.01. The summed E-state index contributed by atoms with van der Waals surface area (Å²) in [6, 6.07) is 1.68. The molecular formula is C10H16N2O2. The van der Waals surface area contributed by atoms with E-state index in [-0.39, 0.29) is 19.3 Å². The van der Waals surface area contributed by atoms with E-state index in [4.69, 9.17) is 10.2 Å². The lowest BCUT2D eigenvalue weighted by Crippen LogP contribution is -2.35. The zero-order valence-electron chi connectivity index (χ0n) is 8.27. The number of nitrogens with zero attached hydrogens (tertiary/aromatic N) is 1. The lowest BCUT2D eigenvalue weighted by molar-refractivity contribution is 0.170. The average Bonchev–Trinajstić information content (AvgIpc) is 2.22. The van der Waals surface area contributed by atoms with Crippen molar-refractivity contribution in [3.8, 4) is 0 Å². The molecule has 0 bridgehead atoms. The van der Waals surface area contributed by atoms with Crippen molar-refractivity contribution in [1.82, 2.24) is 10.3 Å². The second kappa shape index (κ2) is 5.70. The third-order valence-electron chi connectivity index (χ3n) is 2.17. The number of nitrogens with one attached hydrogen (secondary N) is 1. The first-order chi connectivity index (χ1) is 6.77. The first kappa shape index (κ1) is 11.1. The second-order valence-corrected chi connectivity index (χ2v) is 3.25. The molecule has 0 spiro atoms. The van der Waals surface area contributed by atoms with Gasteiger partial charge in [0.1, 0.15) is 0 Å². The molecule has 0 saturated heterocycles. The van der Waals surface area contributed by atoms with Crippen LogP contribution in [0.25, 0.3) is 0 Å². The van der Waals surface area contributed by atoms with Gasteiger partial charge in [0.25, 0.3) is 0 Å². The molecule has 0 radical (unpaired) electrons. The fraction of sp³-hybridized carbons (Fsp3) is 0.500. The minimum absolute atomic E-state index is 0.0597. The summed E-state index contributed by atoms with van der Waals surface area (Å²) in [7, 11) is 0. The number of pyridine rings is 1. The molecule has 0 aliphatic carbocycles. The monoisotopic (exact) mass is 196 g/mol. The molecule has 78 valence electrons. The molecule has 0 atom stereocenters. The lowest BCUT2D eigenvalue weighted by Gasteiger charge is -2.13. The van der Waals surface area contributed by atoms with Crippen molar-refractivity contribution in [1.29, 1.82) is 0 Å². The summed E-state index contributed by atoms with van der Waals surface area (Å²) in [6.07, 6.45) is 3.53. The van der Waals surface area contributed by atoms with Gasteiger partial charge < -0.3 is 15.5 Å². The molecule has 0 unspecified atom stereocenters. The van der Waals surface area contributed by atoms with Gasteiger partial charge >= 0.3 is 0 Å². The predicted octanol–water partition coefficient (Wildman–Crippen LogP) is -0.167. The zero-order valence-corrected chi connectivity index (χ0v) is 8.27. The minimum atomic E-state index is -0.255. The highest BCUT2D eigenvalue weighted by Gasteiger charge is 2.05. The van der Waals surface area contributed by atoms with Crippen LogP contribution in [-0.2, 0) is 6.54 Å². The molecule has 0 amide bonds. The van der Waals surface area contributed by atoms with Crippen LogP contribution in [0.5, 0.6) is 0 Å². The van der Waals surface area contributed by atoms with Crippen molar-refractivity contribution >= 4 is 0 Å². The van der Waals surface area contributed by atoms with Gasteiger partial charge in [-0.05, 0) is 24.1 Å². The number of hydrogen-bond donors (Lipinski definition) is 3. The zero-order chi connectivity index (χ0) is 10.4. The van der Waals surface area contributed by atoms with Gasteiger partial charge in [-0.1, -0.05) is 0 Å². The van der Waals surface area contributed by atoms with Gasteiger partial charge in [-0.3, -0.25) is 4.98 Å². The quantitative estimate of drug-likeness (QED) is 0.612. The van der Waals surface area contributed by atoms with Crippen molar-refractivity contribution < 1.29 is 10.2 Å². The first-order valence-electron chi connectivity index (χ1n) is 4.62. The van der Waals surface area contributed by atoms with Crippen LogP contribution in [0, 0.1) is 6.92 Å². The third kappa shape index (κ3) is 3.06. The van der Waals surface area contributed by atoms with Crippen LogP contribution >= 0.6 is 0 Å². The number of aromatic nitrogens is 1. The van der Waals surface area contributed by atoms with Crippen molar-refractivity contribution in [2.24, 2.45) is 0 Å². The van der Waals surface area contributed by atoms with E-state index in [2.05, 4.69) is 10.3 Å². The molecule has 0 aliphatic rings. The SMILES string of the molecule is Cc1ccncc1CNC(CO)CO. The fourth-order valence-corrected chi connectivity index (χ4v) is 1.12. The number of rotatable bonds is 5. The summed E-state index contributed by atoms with van der Waals surface area (Å²) in [6.45, 7) is 2.50. The second-order valence-electron chi connectivity index (χ2n) is 3.25. The normalized spacial score (nSPS) is 10.9. The molecule has 1 aromatic rings. The molecule has 0 saturated carbocycles. The maximum atomic E-state index is 8.84. The van der Waals surface area contributed by atoms with E-state index in [0.29, 0.717) is 6.54 Å². The van der Waals surface area contributed by atoms with Crippen molar-refractivity contribution in [2.75, 3.05) is 13.2 Å². The third-order valence-corrected chi connectivity index (χ3v) is 2.17. The highest BCUT2D eigenvalue weighted by Crippen LogP contribution is 2.04. The van der Waals surface area contributed by atoms with E-state index in [1.807, 2.05) is 13.0 Å². The molecule has 0 aromatic carbocycles. The largest absolute Gasteiger partial charge is 0.395 e. The highest BCUT2D eigenvalue weighted by atomic mass is 16.3. The van der Waals surface area contributed by atoms with E-state index in [1.54, 1.807) is 12.4 Å². The Balaban J connectivity index is 2.49. The van der Waals surface area contributed by atoms with E-state index in [1.165, 1.54) is 0 Å². The molecule has 14 heavy (non-hydrogen) atoms. The van der Waals surface area contributed by atoms with E-state index in [0.717, 1.165) is 11.1 Å². The smallest absolute Gasteiger partial charge is 0.0607 e. The van der Waals surface area contributed by atoms with Crippen LogP contribution in [-0.4, -0.2) is 34.5 Å². The van der Waals surface area contributed by atoms with Crippen LogP contribution < -0.4 is 5.32 Å². The average molecular weight is 196 g/mol. The van der Waals surface area contributed by atoms with E-state index in [9.17, 15) is 0 Å². The Morgan fingerprint density at radius 2 is 2.14 bits per heavy atom. The summed E-state index contributed by atoms with van der Waals surface area (Å²) in [5, 5.41) is 20.7. The maximum Gasteiger partial charge on any atom is 0.0607 e. The Morgan fingerprint density at radius 3 is 2.71 bits per heavy atom. The topological polar surface area (TPSA) is 65.4 Å².